The normalized spacial score (nSPS) is 13.8. The monoisotopic (exact) mass is 274 g/mol. The molecule has 0 saturated heterocycles. The zero-order valence-corrected chi connectivity index (χ0v) is 13.6. The van der Waals surface area contributed by atoms with Gasteiger partial charge in [-0.3, -0.25) is 0 Å². The van der Waals surface area contributed by atoms with Gasteiger partial charge in [-0.2, -0.15) is 0 Å². The van der Waals surface area contributed by atoms with Gasteiger partial charge in [-0.25, -0.2) is 0 Å². The summed E-state index contributed by atoms with van der Waals surface area (Å²) >= 11 is 0. The van der Waals surface area contributed by atoms with E-state index in [-0.39, 0.29) is 0 Å². The lowest BCUT2D eigenvalue weighted by Crippen LogP contribution is -2.22. The van der Waals surface area contributed by atoms with Crippen LogP contribution in [0.1, 0.15) is 58.9 Å². The number of benzene rings is 1. The molecule has 1 aromatic carbocycles. The Kier molecular flexibility index (Phi) is 8.29. The molecule has 0 aliphatic carbocycles. The van der Waals surface area contributed by atoms with Gasteiger partial charge in [0.1, 0.15) is 0 Å². The molecule has 0 spiro atoms. The molecule has 1 heteroatoms. The summed E-state index contributed by atoms with van der Waals surface area (Å²) in [6.07, 6.45) is 7.50. The van der Waals surface area contributed by atoms with Gasteiger partial charge in [0.2, 0.25) is 0 Å². The van der Waals surface area contributed by atoms with Gasteiger partial charge in [-0.15, -0.1) is 0 Å². The van der Waals surface area contributed by atoms with E-state index in [9.17, 15) is 0 Å². The summed E-state index contributed by atoms with van der Waals surface area (Å²) in [4.78, 5) is 0. The van der Waals surface area contributed by atoms with Crippen LogP contribution in [-0.2, 0) is 11.3 Å². The highest BCUT2D eigenvalue weighted by molar-refractivity contribution is 5.13. The molecule has 0 heterocycles. The largest absolute Gasteiger partial charge is 0.373 e. The predicted octanol–water partition coefficient (Wildman–Crippen LogP) is 5.75. The van der Waals surface area contributed by atoms with Gasteiger partial charge in [0.15, 0.2) is 0 Å². The zero-order valence-electron chi connectivity index (χ0n) is 13.6. The van der Waals surface area contributed by atoms with Crippen molar-refractivity contribution in [3.63, 3.8) is 0 Å². The summed E-state index contributed by atoms with van der Waals surface area (Å²) in [6, 6.07) is 10.5. The second kappa shape index (κ2) is 9.77. The Morgan fingerprint density at radius 1 is 1.15 bits per heavy atom. The Morgan fingerprint density at radius 2 is 1.85 bits per heavy atom. The maximum atomic E-state index is 6.24. The van der Waals surface area contributed by atoms with Crippen molar-refractivity contribution in [2.75, 3.05) is 0 Å². The van der Waals surface area contributed by atoms with E-state index < -0.39 is 0 Å². The molecule has 0 radical (unpaired) electrons. The van der Waals surface area contributed by atoms with Crippen molar-refractivity contribution in [1.29, 1.82) is 0 Å². The number of hydrogen-bond acceptors (Lipinski definition) is 1. The smallest absolute Gasteiger partial charge is 0.0720 e. The van der Waals surface area contributed by atoms with E-state index in [1.807, 2.05) is 0 Å². The maximum absolute atomic E-state index is 6.24. The summed E-state index contributed by atoms with van der Waals surface area (Å²) < 4.78 is 6.24. The molecule has 0 saturated carbocycles. The lowest BCUT2D eigenvalue weighted by atomic mass is 9.93. The van der Waals surface area contributed by atoms with E-state index in [0.717, 1.165) is 19.4 Å². The van der Waals surface area contributed by atoms with Crippen molar-refractivity contribution in [2.24, 2.45) is 5.92 Å². The fourth-order valence-corrected chi connectivity index (χ4v) is 2.52. The van der Waals surface area contributed by atoms with Crippen molar-refractivity contribution in [1.82, 2.24) is 0 Å². The first kappa shape index (κ1) is 17.0. The van der Waals surface area contributed by atoms with Crippen LogP contribution in [0.15, 0.2) is 42.0 Å². The van der Waals surface area contributed by atoms with E-state index >= 15 is 0 Å². The van der Waals surface area contributed by atoms with Gasteiger partial charge in [-0.05, 0) is 32.3 Å². The second-order valence-electron chi connectivity index (χ2n) is 5.79. The van der Waals surface area contributed by atoms with Crippen LogP contribution in [-0.4, -0.2) is 6.10 Å². The number of rotatable bonds is 9. The minimum Gasteiger partial charge on any atom is -0.373 e. The Morgan fingerprint density at radius 3 is 2.40 bits per heavy atom. The van der Waals surface area contributed by atoms with Crippen LogP contribution in [0.4, 0.5) is 0 Å². The van der Waals surface area contributed by atoms with Crippen LogP contribution in [0.5, 0.6) is 0 Å². The first-order valence-corrected chi connectivity index (χ1v) is 7.97. The molecule has 0 aliphatic heterocycles. The molecule has 0 aliphatic rings. The third kappa shape index (κ3) is 6.38. The summed E-state index contributed by atoms with van der Waals surface area (Å²) in [5.41, 5.74) is 2.66. The quantitative estimate of drug-likeness (QED) is 0.521. The molecule has 0 fully saturated rings. The first-order valence-electron chi connectivity index (χ1n) is 7.97. The van der Waals surface area contributed by atoms with Crippen LogP contribution < -0.4 is 0 Å². The molecule has 0 N–H and O–H groups in total. The molecule has 2 atom stereocenters. The van der Waals surface area contributed by atoms with Gasteiger partial charge < -0.3 is 4.74 Å². The molecule has 112 valence electrons. The van der Waals surface area contributed by atoms with E-state index in [1.54, 1.807) is 0 Å². The molecule has 20 heavy (non-hydrogen) atoms. The Bertz CT molecular complexity index is 376. The number of hydrogen-bond donors (Lipinski definition) is 0. The van der Waals surface area contributed by atoms with Gasteiger partial charge >= 0.3 is 0 Å². The van der Waals surface area contributed by atoms with Crippen LogP contribution in [0.25, 0.3) is 0 Å². The number of ether oxygens (including phenoxy) is 1. The Labute approximate surface area is 125 Å². The van der Waals surface area contributed by atoms with Crippen LogP contribution >= 0.6 is 0 Å². The molecule has 0 amide bonds. The number of allylic oxidation sites excluding steroid dienone is 1. The topological polar surface area (TPSA) is 9.23 Å². The van der Waals surface area contributed by atoms with Crippen LogP contribution in [0, 0.1) is 5.92 Å². The third-order valence-electron chi connectivity index (χ3n) is 3.65. The summed E-state index contributed by atoms with van der Waals surface area (Å²) in [7, 11) is 0. The fourth-order valence-electron chi connectivity index (χ4n) is 2.52. The van der Waals surface area contributed by atoms with Crippen molar-refractivity contribution < 1.29 is 4.74 Å². The molecule has 0 bridgehead atoms. The van der Waals surface area contributed by atoms with E-state index in [1.165, 1.54) is 24.0 Å². The fraction of sp³-hybridized carbons (Fsp3) is 0.579. The van der Waals surface area contributed by atoms with Gasteiger partial charge in [0.25, 0.3) is 0 Å². The molecule has 1 aromatic rings. The van der Waals surface area contributed by atoms with Crippen molar-refractivity contribution in [3.05, 3.63) is 47.5 Å². The standard InChI is InChI=1S/C19H30O/c1-5-7-13-19(18(6-2)14-16(3)4)20-15-17-11-9-8-10-12-17/h8-12,14,18-19H,5-7,13,15H2,1-4H3/t18-,19+/m1/s1. The molecular weight excluding hydrogens is 244 g/mol. The second-order valence-corrected chi connectivity index (χ2v) is 5.79. The molecule has 1 nitrogen and oxygen atoms in total. The van der Waals surface area contributed by atoms with Crippen molar-refractivity contribution >= 4 is 0 Å². The lowest BCUT2D eigenvalue weighted by Gasteiger charge is -2.25. The molecule has 1 rings (SSSR count). The van der Waals surface area contributed by atoms with Gasteiger partial charge in [0.05, 0.1) is 12.7 Å². The highest BCUT2D eigenvalue weighted by atomic mass is 16.5. The predicted molar refractivity (Wildman–Crippen MR) is 87.8 cm³/mol. The SMILES string of the molecule is CCCC[C@H](OCc1ccccc1)[C@@H](C=C(C)C)CC. The highest BCUT2D eigenvalue weighted by Gasteiger charge is 2.18. The number of unbranched alkanes of at least 4 members (excludes halogenated alkanes) is 1. The van der Waals surface area contributed by atoms with E-state index in [2.05, 4.69) is 64.1 Å². The van der Waals surface area contributed by atoms with Crippen LogP contribution in [0.3, 0.4) is 0 Å². The third-order valence-corrected chi connectivity index (χ3v) is 3.65. The van der Waals surface area contributed by atoms with E-state index in [4.69, 9.17) is 4.74 Å². The minimum absolute atomic E-state index is 0.343. The highest BCUT2D eigenvalue weighted by Crippen LogP contribution is 2.22. The van der Waals surface area contributed by atoms with Crippen molar-refractivity contribution in [2.45, 2.75) is 66.1 Å². The average molecular weight is 274 g/mol. The zero-order chi connectivity index (χ0) is 14.8. The van der Waals surface area contributed by atoms with E-state index in [0.29, 0.717) is 12.0 Å². The Balaban J connectivity index is 2.65. The van der Waals surface area contributed by atoms with Gasteiger partial charge in [-0.1, -0.05) is 68.7 Å². The lowest BCUT2D eigenvalue weighted by molar-refractivity contribution is 0.00572. The Hall–Kier alpha value is -1.08. The summed E-state index contributed by atoms with van der Waals surface area (Å²) in [6.45, 7) is 9.58. The molecule has 0 aromatic heterocycles. The van der Waals surface area contributed by atoms with Crippen LogP contribution in [0.2, 0.25) is 0 Å². The first-order chi connectivity index (χ1) is 9.67. The molecule has 0 unspecified atom stereocenters. The molecular formula is C19H30O. The summed E-state index contributed by atoms with van der Waals surface area (Å²) in [5, 5.41) is 0. The minimum atomic E-state index is 0.343. The average Bonchev–Trinajstić information content (AvgIpc) is 2.46. The maximum Gasteiger partial charge on any atom is 0.0720 e. The van der Waals surface area contributed by atoms with Gasteiger partial charge in [0, 0.05) is 5.92 Å². The van der Waals surface area contributed by atoms with Crippen molar-refractivity contribution in [3.8, 4) is 0 Å². The summed E-state index contributed by atoms with van der Waals surface area (Å²) in [5.74, 6) is 0.537.